The minimum absolute atomic E-state index is 0.309. The van der Waals surface area contributed by atoms with Gasteiger partial charge in [-0.3, -0.25) is 4.57 Å². The minimum Gasteiger partial charge on any atom is -0.330 e. The zero-order valence-electron chi connectivity index (χ0n) is 9.15. The van der Waals surface area contributed by atoms with Gasteiger partial charge in [-0.25, -0.2) is 4.39 Å². The van der Waals surface area contributed by atoms with Gasteiger partial charge in [0.2, 0.25) is 0 Å². The Morgan fingerprint density at radius 2 is 1.94 bits per heavy atom. The van der Waals surface area contributed by atoms with Crippen molar-refractivity contribution in [1.29, 1.82) is 0 Å². The summed E-state index contributed by atoms with van der Waals surface area (Å²) in [5.74, 6) is -0.309. The van der Waals surface area contributed by atoms with E-state index in [0.717, 1.165) is 11.0 Å². The Balaban J connectivity index is 2.42. The first-order chi connectivity index (χ1) is 8.66. The van der Waals surface area contributed by atoms with E-state index in [2.05, 4.69) is 4.98 Å². The average Bonchev–Trinajstić information content (AvgIpc) is 2.67. The monoisotopic (exact) mass is 278 g/mol. The highest BCUT2D eigenvalue weighted by Crippen LogP contribution is 2.26. The zero-order chi connectivity index (χ0) is 12.7. The molecule has 18 heavy (non-hydrogen) atoms. The maximum absolute atomic E-state index is 13.3. The quantitative estimate of drug-likeness (QED) is 0.651. The Morgan fingerprint density at radius 3 is 2.72 bits per heavy atom. The summed E-state index contributed by atoms with van der Waals surface area (Å²) in [4.78, 5) is 3.06. The molecule has 90 valence electrons. The molecule has 0 aliphatic heterocycles. The molecule has 0 fully saturated rings. The van der Waals surface area contributed by atoms with Crippen molar-refractivity contribution in [2.24, 2.45) is 0 Å². The van der Waals surface area contributed by atoms with Crippen molar-refractivity contribution in [3.8, 4) is 5.69 Å². The van der Waals surface area contributed by atoms with Gasteiger partial charge in [-0.2, -0.15) is 0 Å². The molecule has 0 spiro atoms. The molecule has 3 rings (SSSR count). The molecule has 1 aromatic heterocycles. The van der Waals surface area contributed by atoms with E-state index in [1.807, 2.05) is 12.1 Å². The molecule has 2 nitrogen and oxygen atoms in total. The molecule has 0 aliphatic carbocycles. The summed E-state index contributed by atoms with van der Waals surface area (Å²) < 4.78 is 15.5. The third kappa shape index (κ3) is 1.74. The maximum Gasteiger partial charge on any atom is 0.182 e. The maximum atomic E-state index is 13.3. The molecule has 0 atom stereocenters. The van der Waals surface area contributed by atoms with Crippen LogP contribution in [-0.4, -0.2) is 9.55 Å². The van der Waals surface area contributed by atoms with Crippen LogP contribution in [0.15, 0.2) is 42.5 Å². The van der Waals surface area contributed by atoms with Crippen molar-refractivity contribution < 1.29 is 4.39 Å². The van der Waals surface area contributed by atoms with Crippen LogP contribution in [0.3, 0.4) is 0 Å². The number of nitrogens with one attached hydrogen (secondary N) is 1. The number of aromatic amines is 1. The average molecular weight is 279 g/mol. The Morgan fingerprint density at radius 1 is 1.17 bits per heavy atom. The van der Waals surface area contributed by atoms with E-state index < -0.39 is 0 Å². The highest BCUT2D eigenvalue weighted by atomic mass is 35.5. The Kier molecular flexibility index (Phi) is 2.69. The zero-order valence-corrected chi connectivity index (χ0v) is 10.7. The van der Waals surface area contributed by atoms with Gasteiger partial charge in [-0.1, -0.05) is 23.7 Å². The third-order valence-electron chi connectivity index (χ3n) is 2.72. The molecule has 0 amide bonds. The van der Waals surface area contributed by atoms with Crippen LogP contribution in [0.4, 0.5) is 4.39 Å². The number of nitrogens with zero attached hydrogens (tertiary/aromatic N) is 1. The van der Waals surface area contributed by atoms with Crippen molar-refractivity contribution in [2.75, 3.05) is 0 Å². The van der Waals surface area contributed by atoms with Crippen molar-refractivity contribution in [1.82, 2.24) is 9.55 Å². The number of benzene rings is 2. The van der Waals surface area contributed by atoms with Gasteiger partial charge in [0, 0.05) is 0 Å². The fourth-order valence-electron chi connectivity index (χ4n) is 1.98. The summed E-state index contributed by atoms with van der Waals surface area (Å²) in [7, 11) is 0. The van der Waals surface area contributed by atoms with E-state index in [0.29, 0.717) is 15.5 Å². The SMILES string of the molecule is Fc1cccc(-n2c(=S)[nH]c3cccc(Cl)c32)c1. The molecule has 0 saturated carbocycles. The molecule has 2 aromatic carbocycles. The molecule has 1 heterocycles. The Labute approximate surface area is 113 Å². The second-order valence-electron chi connectivity index (χ2n) is 3.88. The lowest BCUT2D eigenvalue weighted by molar-refractivity contribution is 0.626. The highest BCUT2D eigenvalue weighted by molar-refractivity contribution is 7.71. The predicted octanol–water partition coefficient (Wildman–Crippen LogP) is 4.48. The number of aromatic nitrogens is 2. The van der Waals surface area contributed by atoms with Gasteiger partial charge in [-0.15, -0.1) is 0 Å². The number of H-pyrrole nitrogens is 1. The molecule has 0 saturated heterocycles. The Hall–Kier alpha value is -1.65. The number of para-hydroxylation sites is 1. The second kappa shape index (κ2) is 4.23. The summed E-state index contributed by atoms with van der Waals surface area (Å²) in [5.41, 5.74) is 2.24. The molecule has 3 aromatic rings. The number of imidazole rings is 1. The van der Waals surface area contributed by atoms with E-state index >= 15 is 0 Å². The van der Waals surface area contributed by atoms with Crippen LogP contribution in [0, 0.1) is 10.6 Å². The van der Waals surface area contributed by atoms with Crippen LogP contribution in [0.2, 0.25) is 5.02 Å². The first-order valence-electron chi connectivity index (χ1n) is 5.32. The van der Waals surface area contributed by atoms with Crippen LogP contribution < -0.4 is 0 Å². The summed E-state index contributed by atoms with van der Waals surface area (Å²) in [6, 6.07) is 11.7. The molecule has 0 bridgehead atoms. The van der Waals surface area contributed by atoms with E-state index in [-0.39, 0.29) is 5.82 Å². The number of hydrogen-bond donors (Lipinski definition) is 1. The molecule has 1 N–H and O–H groups in total. The second-order valence-corrected chi connectivity index (χ2v) is 4.68. The van der Waals surface area contributed by atoms with Gasteiger partial charge in [0.1, 0.15) is 5.82 Å². The largest absolute Gasteiger partial charge is 0.330 e. The summed E-state index contributed by atoms with van der Waals surface area (Å²) in [5, 5.41) is 0.573. The number of hydrogen-bond acceptors (Lipinski definition) is 1. The van der Waals surface area contributed by atoms with Gasteiger partial charge in [0.15, 0.2) is 4.77 Å². The predicted molar refractivity (Wildman–Crippen MR) is 73.4 cm³/mol. The van der Waals surface area contributed by atoms with Crippen LogP contribution >= 0.6 is 23.8 Å². The molecule has 5 heteroatoms. The molecule has 0 unspecified atom stereocenters. The van der Waals surface area contributed by atoms with Gasteiger partial charge >= 0.3 is 0 Å². The fourth-order valence-corrected chi connectivity index (χ4v) is 2.54. The van der Waals surface area contributed by atoms with E-state index in [4.69, 9.17) is 23.8 Å². The summed E-state index contributed by atoms with van der Waals surface area (Å²) in [6.07, 6.45) is 0. The van der Waals surface area contributed by atoms with Crippen molar-refractivity contribution in [3.63, 3.8) is 0 Å². The van der Waals surface area contributed by atoms with E-state index in [1.165, 1.54) is 12.1 Å². The van der Waals surface area contributed by atoms with Gasteiger partial charge in [0.25, 0.3) is 0 Å². The van der Waals surface area contributed by atoms with Gasteiger partial charge in [-0.05, 0) is 42.5 Å². The molecule has 0 aliphatic rings. The van der Waals surface area contributed by atoms with Gasteiger partial charge < -0.3 is 4.98 Å². The highest BCUT2D eigenvalue weighted by Gasteiger charge is 2.09. The number of halogens is 2. The summed E-state index contributed by atoms with van der Waals surface area (Å²) in [6.45, 7) is 0. The van der Waals surface area contributed by atoms with Crippen LogP contribution in [0.5, 0.6) is 0 Å². The first-order valence-corrected chi connectivity index (χ1v) is 6.10. The standard InChI is InChI=1S/C13H8ClFN2S/c14-10-5-2-6-11-12(10)17(13(18)16-11)9-4-1-3-8(15)7-9/h1-7H,(H,16,18). The minimum atomic E-state index is -0.309. The fraction of sp³-hybridized carbons (Fsp3) is 0. The van der Waals surface area contributed by atoms with Gasteiger partial charge in [0.05, 0.1) is 21.7 Å². The lowest BCUT2D eigenvalue weighted by Crippen LogP contribution is -1.94. The van der Waals surface area contributed by atoms with E-state index in [1.54, 1.807) is 22.8 Å². The van der Waals surface area contributed by atoms with Crippen LogP contribution in [0.1, 0.15) is 0 Å². The molecular weight excluding hydrogens is 271 g/mol. The van der Waals surface area contributed by atoms with E-state index in [9.17, 15) is 4.39 Å². The first kappa shape index (κ1) is 11.4. The van der Waals surface area contributed by atoms with Crippen molar-refractivity contribution in [2.45, 2.75) is 0 Å². The van der Waals surface area contributed by atoms with Crippen LogP contribution in [0.25, 0.3) is 16.7 Å². The Bertz CT molecular complexity index is 791. The van der Waals surface area contributed by atoms with Crippen molar-refractivity contribution in [3.05, 3.63) is 58.1 Å². The van der Waals surface area contributed by atoms with Crippen LogP contribution in [-0.2, 0) is 0 Å². The molecule has 0 radical (unpaired) electrons. The topological polar surface area (TPSA) is 20.7 Å². The third-order valence-corrected chi connectivity index (χ3v) is 3.31. The smallest absolute Gasteiger partial charge is 0.182 e. The number of rotatable bonds is 1. The summed E-state index contributed by atoms with van der Waals surface area (Å²) >= 11 is 11.4. The van der Waals surface area contributed by atoms with Crippen molar-refractivity contribution >= 4 is 34.9 Å². The lowest BCUT2D eigenvalue weighted by atomic mass is 10.2. The normalized spacial score (nSPS) is 11.0. The lowest BCUT2D eigenvalue weighted by Gasteiger charge is -2.05. The molecular formula is C13H8ClFN2S. The number of fused-ring (bicyclic) bond motifs is 1.